The average Bonchev–Trinajstić information content (AvgIpc) is 2.52. The predicted molar refractivity (Wildman–Crippen MR) is 91.1 cm³/mol. The number of anilines is 1. The zero-order valence-corrected chi connectivity index (χ0v) is 13.2. The second-order valence-corrected chi connectivity index (χ2v) is 6.33. The summed E-state index contributed by atoms with van der Waals surface area (Å²) < 4.78 is 0. The number of urea groups is 1. The number of rotatable bonds is 6. The lowest BCUT2D eigenvalue weighted by molar-refractivity contribution is 0.148. The zero-order chi connectivity index (χ0) is 16.0. The van der Waals surface area contributed by atoms with E-state index in [-0.39, 0.29) is 18.1 Å². The van der Waals surface area contributed by atoms with Gasteiger partial charge in [0.05, 0.1) is 5.69 Å². The van der Waals surface area contributed by atoms with Crippen molar-refractivity contribution in [1.82, 2.24) is 5.32 Å². The van der Waals surface area contributed by atoms with E-state index < -0.39 is 0 Å². The fourth-order valence-electron chi connectivity index (χ4n) is 2.35. The third-order valence-electron chi connectivity index (χ3n) is 3.78. The topological polar surface area (TPSA) is 61.4 Å². The van der Waals surface area contributed by atoms with Gasteiger partial charge in [-0.25, -0.2) is 4.79 Å². The van der Waals surface area contributed by atoms with E-state index in [9.17, 15) is 9.90 Å². The summed E-state index contributed by atoms with van der Waals surface area (Å²) >= 11 is 0. The quantitative estimate of drug-likeness (QED) is 0.711. The monoisotopic (exact) mass is 300 g/mol. The minimum Gasteiger partial charge on any atom is -0.396 e. The molecule has 0 bridgehead atoms. The van der Waals surface area contributed by atoms with E-state index in [2.05, 4.69) is 10.6 Å². The van der Waals surface area contributed by atoms with Crippen molar-refractivity contribution in [3.05, 3.63) is 42.5 Å². The van der Waals surface area contributed by atoms with Gasteiger partial charge in [-0.15, -0.1) is 0 Å². The maximum atomic E-state index is 12.0. The number of hydrogen-bond acceptors (Lipinski definition) is 2. The van der Waals surface area contributed by atoms with E-state index in [4.69, 9.17) is 0 Å². The van der Waals surface area contributed by atoms with Gasteiger partial charge in [0.25, 0.3) is 0 Å². The summed E-state index contributed by atoms with van der Waals surface area (Å²) in [5.74, 6) is 0. The molecule has 0 aliphatic carbocycles. The number of fused-ring (bicyclic) bond motifs is 1. The number of benzene rings is 2. The van der Waals surface area contributed by atoms with Crippen molar-refractivity contribution >= 4 is 22.5 Å². The molecule has 0 aliphatic rings. The van der Waals surface area contributed by atoms with Gasteiger partial charge in [0.15, 0.2) is 0 Å². The molecule has 2 aromatic carbocycles. The number of nitrogens with one attached hydrogen (secondary N) is 2. The van der Waals surface area contributed by atoms with Gasteiger partial charge in [-0.2, -0.15) is 0 Å². The molecule has 0 atom stereocenters. The van der Waals surface area contributed by atoms with Crippen molar-refractivity contribution in [1.29, 1.82) is 0 Å². The van der Waals surface area contributed by atoms with Crippen LogP contribution in [0.4, 0.5) is 10.5 Å². The first-order chi connectivity index (χ1) is 10.5. The van der Waals surface area contributed by atoms with Crippen molar-refractivity contribution in [3.63, 3.8) is 0 Å². The van der Waals surface area contributed by atoms with Crippen LogP contribution in [0.15, 0.2) is 42.5 Å². The van der Waals surface area contributed by atoms with E-state index in [1.54, 1.807) is 0 Å². The highest BCUT2D eigenvalue weighted by molar-refractivity contribution is 6.01. The summed E-state index contributed by atoms with van der Waals surface area (Å²) in [6.07, 6.45) is 1.72. The normalized spacial score (nSPS) is 11.4. The number of carbonyl (C=O) groups is 1. The van der Waals surface area contributed by atoms with Crippen molar-refractivity contribution in [2.45, 2.75) is 26.7 Å². The number of amides is 2. The first kappa shape index (κ1) is 16.3. The average molecular weight is 300 g/mol. The van der Waals surface area contributed by atoms with Crippen LogP contribution >= 0.6 is 0 Å². The Kier molecular flexibility index (Phi) is 5.39. The Bertz CT molecular complexity index is 633. The molecule has 4 nitrogen and oxygen atoms in total. The Morgan fingerprint density at radius 1 is 1.14 bits per heavy atom. The molecule has 0 saturated carbocycles. The molecule has 0 aliphatic heterocycles. The van der Waals surface area contributed by atoms with Crippen molar-refractivity contribution in [2.75, 3.05) is 18.5 Å². The summed E-state index contributed by atoms with van der Waals surface area (Å²) in [5.41, 5.74) is 0.722. The predicted octanol–water partition coefficient (Wildman–Crippen LogP) is 3.76. The minimum atomic E-state index is -0.196. The highest BCUT2D eigenvalue weighted by Crippen LogP contribution is 2.23. The maximum Gasteiger partial charge on any atom is 0.319 e. The molecule has 0 spiro atoms. The Morgan fingerprint density at radius 3 is 2.64 bits per heavy atom. The summed E-state index contributed by atoms with van der Waals surface area (Å²) in [6.45, 7) is 4.79. The van der Waals surface area contributed by atoms with Gasteiger partial charge in [-0.05, 0) is 29.7 Å². The van der Waals surface area contributed by atoms with Gasteiger partial charge in [0.2, 0.25) is 0 Å². The van der Waals surface area contributed by atoms with E-state index in [1.165, 1.54) is 0 Å². The fourth-order valence-corrected chi connectivity index (χ4v) is 2.35. The lowest BCUT2D eigenvalue weighted by Crippen LogP contribution is -2.30. The van der Waals surface area contributed by atoms with Gasteiger partial charge >= 0.3 is 6.03 Å². The Labute approximate surface area is 131 Å². The van der Waals surface area contributed by atoms with Gasteiger partial charge < -0.3 is 15.7 Å². The first-order valence-electron chi connectivity index (χ1n) is 7.65. The lowest BCUT2D eigenvalue weighted by atomic mass is 9.89. The van der Waals surface area contributed by atoms with Gasteiger partial charge in [-0.3, -0.25) is 0 Å². The molecule has 118 valence electrons. The van der Waals surface area contributed by atoms with Crippen LogP contribution in [0.1, 0.15) is 26.7 Å². The lowest BCUT2D eigenvalue weighted by Gasteiger charge is -2.21. The Morgan fingerprint density at radius 2 is 1.86 bits per heavy atom. The molecule has 0 unspecified atom stereocenters. The molecule has 0 heterocycles. The molecular weight excluding hydrogens is 276 g/mol. The van der Waals surface area contributed by atoms with Crippen molar-refractivity contribution in [3.8, 4) is 0 Å². The molecule has 22 heavy (non-hydrogen) atoms. The van der Waals surface area contributed by atoms with Crippen LogP contribution in [0, 0.1) is 5.41 Å². The number of aliphatic hydroxyl groups excluding tert-OH is 1. The van der Waals surface area contributed by atoms with Crippen LogP contribution in [-0.4, -0.2) is 24.3 Å². The van der Waals surface area contributed by atoms with Gasteiger partial charge in [0, 0.05) is 18.5 Å². The third-order valence-corrected chi connectivity index (χ3v) is 3.78. The van der Waals surface area contributed by atoms with Crippen LogP contribution < -0.4 is 10.6 Å². The second kappa shape index (κ2) is 7.27. The Balaban J connectivity index is 1.87. The second-order valence-electron chi connectivity index (χ2n) is 6.33. The smallest absolute Gasteiger partial charge is 0.319 e. The molecule has 4 heteroatoms. The van der Waals surface area contributed by atoms with E-state index in [0.717, 1.165) is 29.3 Å². The molecule has 0 radical (unpaired) electrons. The van der Waals surface area contributed by atoms with Crippen LogP contribution in [0.2, 0.25) is 0 Å². The molecule has 2 aromatic rings. The minimum absolute atomic E-state index is 0.0895. The van der Waals surface area contributed by atoms with Crippen LogP contribution in [0.5, 0.6) is 0 Å². The molecule has 0 fully saturated rings. The molecule has 0 aromatic heterocycles. The van der Waals surface area contributed by atoms with E-state index in [1.807, 2.05) is 56.3 Å². The largest absolute Gasteiger partial charge is 0.396 e. The highest BCUT2D eigenvalue weighted by Gasteiger charge is 2.15. The van der Waals surface area contributed by atoms with Gasteiger partial charge in [0.1, 0.15) is 0 Å². The molecular formula is C18H24N2O2. The SMILES string of the molecule is CC(C)(CO)CCCNC(=O)Nc1cccc2ccccc12. The molecule has 2 rings (SSSR count). The van der Waals surface area contributed by atoms with Gasteiger partial charge in [-0.1, -0.05) is 50.2 Å². The summed E-state index contributed by atoms with van der Waals surface area (Å²) in [6, 6.07) is 13.6. The standard InChI is InChI=1S/C18H24N2O2/c1-18(2,13-21)11-6-12-19-17(22)20-16-10-5-8-14-7-3-4-9-15(14)16/h3-5,7-10,21H,6,11-13H2,1-2H3,(H2,19,20,22). The maximum absolute atomic E-state index is 12.0. The van der Waals surface area contributed by atoms with Crippen LogP contribution in [0.25, 0.3) is 10.8 Å². The highest BCUT2D eigenvalue weighted by atomic mass is 16.3. The van der Waals surface area contributed by atoms with Crippen molar-refractivity contribution < 1.29 is 9.90 Å². The number of carbonyl (C=O) groups excluding carboxylic acids is 1. The molecule has 0 saturated heterocycles. The first-order valence-corrected chi connectivity index (χ1v) is 7.65. The Hall–Kier alpha value is -2.07. The summed E-state index contributed by atoms with van der Waals surface area (Å²) in [7, 11) is 0. The number of aliphatic hydroxyl groups is 1. The van der Waals surface area contributed by atoms with E-state index in [0.29, 0.717) is 6.54 Å². The zero-order valence-electron chi connectivity index (χ0n) is 13.2. The van der Waals surface area contributed by atoms with Crippen LogP contribution in [-0.2, 0) is 0 Å². The van der Waals surface area contributed by atoms with E-state index >= 15 is 0 Å². The third kappa shape index (κ3) is 4.46. The van der Waals surface area contributed by atoms with Crippen LogP contribution in [0.3, 0.4) is 0 Å². The molecule has 2 amide bonds. The van der Waals surface area contributed by atoms with Crippen molar-refractivity contribution in [2.24, 2.45) is 5.41 Å². The summed E-state index contributed by atoms with van der Waals surface area (Å²) in [5, 5.41) is 17.1. The number of hydrogen-bond donors (Lipinski definition) is 3. The molecule has 3 N–H and O–H groups in total. The fraction of sp³-hybridized carbons (Fsp3) is 0.389. The summed E-state index contributed by atoms with van der Waals surface area (Å²) in [4.78, 5) is 12.0.